The number of hydrogen-bond donors (Lipinski definition) is 0. The van der Waals surface area contributed by atoms with Crippen molar-refractivity contribution in [1.82, 2.24) is 0 Å². The lowest BCUT2D eigenvalue weighted by atomic mass is 9.85. The minimum absolute atomic E-state index is 0.00233. The van der Waals surface area contributed by atoms with Gasteiger partial charge in [0.25, 0.3) is 8.32 Å². The lowest BCUT2D eigenvalue weighted by Crippen LogP contribution is -2.67. The van der Waals surface area contributed by atoms with Gasteiger partial charge in [0.1, 0.15) is 18.8 Å². The first-order valence-electron chi connectivity index (χ1n) is 17.7. The zero-order valence-electron chi connectivity index (χ0n) is 32.1. The van der Waals surface area contributed by atoms with Crippen molar-refractivity contribution >= 4 is 33.3 Å². The van der Waals surface area contributed by atoms with Crippen molar-refractivity contribution in [2.24, 2.45) is 17.8 Å². The SMILES string of the molecule is COc1ccc(COCO[C@H]([C@@H](C)[C@@H](O[Si](C)(C)C(C)(C)C)[C@@H](C)CO[Si](c2ccccc2)(c2ccccc2)C(C)(C)C)[C@@H](C)C=O)cc1. The van der Waals surface area contributed by atoms with Gasteiger partial charge in [0.05, 0.1) is 25.9 Å². The Morgan fingerprint density at radius 3 is 1.71 bits per heavy atom. The van der Waals surface area contributed by atoms with Crippen molar-refractivity contribution in [3.8, 4) is 5.75 Å². The largest absolute Gasteiger partial charge is 0.497 e. The fraction of sp³-hybridized carbons (Fsp3) is 0.537. The van der Waals surface area contributed by atoms with Crippen LogP contribution < -0.4 is 15.1 Å². The molecular formula is C41H62O6Si2. The van der Waals surface area contributed by atoms with Gasteiger partial charge in [-0.3, -0.25) is 0 Å². The lowest BCUT2D eigenvalue weighted by molar-refractivity contribution is -0.148. The van der Waals surface area contributed by atoms with Crippen LogP contribution in [0, 0.1) is 17.8 Å². The molecule has 0 unspecified atom stereocenters. The van der Waals surface area contributed by atoms with Crippen molar-refractivity contribution in [3.05, 3.63) is 90.5 Å². The van der Waals surface area contributed by atoms with E-state index in [1.54, 1.807) is 7.11 Å². The third-order valence-corrected chi connectivity index (χ3v) is 19.8. The standard InChI is InChI=1S/C41H62O6Si2/c1-31(27-42)38(45-30-44-29-34-23-25-35(43-10)26-24-34)33(3)39(47-48(11,12)40(4,5)6)32(2)28-46-49(41(7,8)9,36-19-15-13-16-20-36)37-21-17-14-18-22-37/h13-27,31-33,38-39H,28-30H2,1-12H3/t31-,32-,33+,38-,39-/m0/s1. The summed E-state index contributed by atoms with van der Waals surface area (Å²) in [6.45, 7) is 25.6. The van der Waals surface area contributed by atoms with Gasteiger partial charge in [0, 0.05) is 24.4 Å². The zero-order valence-corrected chi connectivity index (χ0v) is 34.1. The van der Waals surface area contributed by atoms with E-state index in [1.807, 2.05) is 31.2 Å². The molecule has 8 heteroatoms. The van der Waals surface area contributed by atoms with E-state index >= 15 is 0 Å². The van der Waals surface area contributed by atoms with E-state index in [0.29, 0.717) is 13.2 Å². The molecule has 0 fully saturated rings. The molecule has 0 aliphatic carbocycles. The van der Waals surface area contributed by atoms with E-state index < -0.39 is 22.7 Å². The molecular weight excluding hydrogens is 645 g/mol. The highest BCUT2D eigenvalue weighted by Gasteiger charge is 2.51. The summed E-state index contributed by atoms with van der Waals surface area (Å²) in [5.74, 6) is 0.344. The zero-order chi connectivity index (χ0) is 36.5. The van der Waals surface area contributed by atoms with Crippen LogP contribution in [0.25, 0.3) is 0 Å². The summed E-state index contributed by atoms with van der Waals surface area (Å²) in [5.41, 5.74) is 1.02. The number of hydrogen-bond acceptors (Lipinski definition) is 6. The van der Waals surface area contributed by atoms with Crippen molar-refractivity contribution < 1.29 is 27.9 Å². The number of carbonyl (C=O) groups excluding carboxylic acids is 1. The van der Waals surface area contributed by atoms with Crippen molar-refractivity contribution in [2.45, 2.75) is 104 Å². The molecule has 0 heterocycles. The quantitative estimate of drug-likeness (QED) is 0.0572. The van der Waals surface area contributed by atoms with Gasteiger partial charge in [-0.1, -0.05) is 135 Å². The van der Waals surface area contributed by atoms with Crippen LogP contribution in [0.4, 0.5) is 0 Å². The molecule has 0 aliphatic heterocycles. The Kier molecular flexibility index (Phi) is 14.6. The van der Waals surface area contributed by atoms with Crippen LogP contribution in [0.1, 0.15) is 67.9 Å². The fourth-order valence-corrected chi connectivity index (χ4v) is 12.6. The minimum atomic E-state index is -2.77. The highest BCUT2D eigenvalue weighted by molar-refractivity contribution is 6.99. The van der Waals surface area contributed by atoms with Crippen molar-refractivity contribution in [1.29, 1.82) is 0 Å². The van der Waals surface area contributed by atoms with Gasteiger partial charge in [0.15, 0.2) is 8.32 Å². The highest BCUT2D eigenvalue weighted by atomic mass is 28.4. The van der Waals surface area contributed by atoms with E-state index in [9.17, 15) is 4.79 Å². The number of rotatable bonds is 18. The second-order valence-electron chi connectivity index (χ2n) is 16.1. The Bertz CT molecular complexity index is 1360. The Morgan fingerprint density at radius 1 is 0.735 bits per heavy atom. The molecule has 49 heavy (non-hydrogen) atoms. The highest BCUT2D eigenvalue weighted by Crippen LogP contribution is 2.41. The topological polar surface area (TPSA) is 63.2 Å². The van der Waals surface area contributed by atoms with E-state index in [1.165, 1.54) is 10.4 Å². The smallest absolute Gasteiger partial charge is 0.261 e. The van der Waals surface area contributed by atoms with Crippen LogP contribution in [0.3, 0.4) is 0 Å². The maximum absolute atomic E-state index is 12.3. The van der Waals surface area contributed by atoms with Crippen LogP contribution >= 0.6 is 0 Å². The number of carbonyl (C=O) groups is 1. The molecule has 5 atom stereocenters. The van der Waals surface area contributed by atoms with Crippen LogP contribution in [-0.2, 0) is 29.7 Å². The molecule has 0 aliphatic rings. The van der Waals surface area contributed by atoms with Gasteiger partial charge >= 0.3 is 0 Å². The first-order chi connectivity index (χ1) is 23.0. The van der Waals surface area contributed by atoms with Gasteiger partial charge < -0.3 is 27.9 Å². The monoisotopic (exact) mass is 706 g/mol. The second kappa shape index (κ2) is 17.6. The van der Waals surface area contributed by atoms with Gasteiger partial charge in [-0.05, 0) is 51.2 Å². The molecule has 0 bridgehead atoms. The van der Waals surface area contributed by atoms with Gasteiger partial charge in [-0.15, -0.1) is 0 Å². The first kappa shape index (κ1) is 40.8. The van der Waals surface area contributed by atoms with Gasteiger partial charge in [0.2, 0.25) is 0 Å². The summed E-state index contributed by atoms with van der Waals surface area (Å²) in [4.78, 5) is 12.3. The van der Waals surface area contributed by atoms with Gasteiger partial charge in [-0.25, -0.2) is 0 Å². The van der Waals surface area contributed by atoms with Crippen LogP contribution in [-0.4, -0.2) is 55.6 Å². The fourth-order valence-electron chi connectivity index (χ4n) is 6.43. The minimum Gasteiger partial charge on any atom is -0.497 e. The average molecular weight is 707 g/mol. The Morgan fingerprint density at radius 2 is 1.27 bits per heavy atom. The second-order valence-corrected chi connectivity index (χ2v) is 25.2. The Balaban J connectivity index is 1.94. The summed E-state index contributed by atoms with van der Waals surface area (Å²) in [7, 11) is -3.36. The van der Waals surface area contributed by atoms with E-state index in [4.69, 9.17) is 23.1 Å². The van der Waals surface area contributed by atoms with Crippen LogP contribution in [0.5, 0.6) is 5.75 Å². The molecule has 0 aromatic heterocycles. The van der Waals surface area contributed by atoms with Crippen LogP contribution in [0.2, 0.25) is 23.2 Å². The number of benzene rings is 3. The third kappa shape index (κ3) is 10.2. The maximum Gasteiger partial charge on any atom is 0.261 e. The first-order valence-corrected chi connectivity index (χ1v) is 22.5. The normalized spacial score (nSPS) is 16.0. The molecule has 0 amide bonds. The molecule has 3 aromatic rings. The third-order valence-electron chi connectivity index (χ3n) is 10.3. The van der Waals surface area contributed by atoms with E-state index in [2.05, 4.69) is 129 Å². The molecule has 0 radical (unpaired) electrons. The van der Waals surface area contributed by atoms with E-state index in [0.717, 1.165) is 17.6 Å². The van der Waals surface area contributed by atoms with E-state index in [-0.39, 0.29) is 40.7 Å². The molecule has 6 nitrogen and oxygen atoms in total. The maximum atomic E-state index is 12.3. The van der Waals surface area contributed by atoms with Crippen molar-refractivity contribution in [2.75, 3.05) is 20.5 Å². The number of methoxy groups -OCH3 is 1. The molecule has 3 rings (SSSR count). The summed E-state index contributed by atoms with van der Waals surface area (Å²) < 4.78 is 32.4. The lowest BCUT2D eigenvalue weighted by Gasteiger charge is -2.47. The summed E-state index contributed by atoms with van der Waals surface area (Å²) >= 11 is 0. The predicted molar refractivity (Wildman–Crippen MR) is 207 cm³/mol. The Hall–Kier alpha value is -2.60. The molecule has 0 spiro atoms. The molecule has 270 valence electrons. The average Bonchev–Trinajstić information content (AvgIpc) is 3.07. The molecule has 3 aromatic carbocycles. The number of ether oxygens (including phenoxy) is 3. The molecule has 0 saturated heterocycles. The van der Waals surface area contributed by atoms with Crippen molar-refractivity contribution in [3.63, 3.8) is 0 Å². The summed E-state index contributed by atoms with van der Waals surface area (Å²) in [6.07, 6.45) is 0.365. The Labute approximate surface area is 299 Å². The molecule has 0 saturated carbocycles. The summed E-state index contributed by atoms with van der Waals surface area (Å²) in [5, 5.41) is 2.36. The van der Waals surface area contributed by atoms with Gasteiger partial charge in [-0.2, -0.15) is 0 Å². The molecule has 0 N–H and O–H groups in total. The van der Waals surface area contributed by atoms with Crippen LogP contribution in [0.15, 0.2) is 84.9 Å². The number of aldehydes is 1. The predicted octanol–water partition coefficient (Wildman–Crippen LogP) is 8.63. The summed E-state index contributed by atoms with van der Waals surface area (Å²) in [6, 6.07) is 29.3.